The monoisotopic (exact) mass is 1240 g/mol. The summed E-state index contributed by atoms with van der Waals surface area (Å²) in [4.78, 5) is 39.4. The van der Waals surface area contributed by atoms with Crippen molar-refractivity contribution in [3.63, 3.8) is 0 Å². The minimum atomic E-state index is -1.76. The number of carbonyl (C=O) groups excluding carboxylic acids is 3. The van der Waals surface area contributed by atoms with Crippen molar-refractivity contribution in [1.82, 2.24) is 4.90 Å². The van der Waals surface area contributed by atoms with Gasteiger partial charge in [0.15, 0.2) is 12.6 Å². The molecule has 20 atom stereocenters. The van der Waals surface area contributed by atoms with E-state index in [4.69, 9.17) is 57.2 Å². The molecule has 0 amide bonds. The highest BCUT2D eigenvalue weighted by atomic mass is 16.7. The van der Waals surface area contributed by atoms with Crippen LogP contribution in [0.2, 0.25) is 0 Å². The minimum Gasteiger partial charge on any atom is -0.463 e. The lowest BCUT2D eigenvalue weighted by molar-refractivity contribution is -0.342. The van der Waals surface area contributed by atoms with E-state index in [9.17, 15) is 50.1 Å². The molecule has 4 saturated heterocycles. The SMILES string of the molecule is CCCCCCOC(C)(C)COC(=O)CC1OC(CO)C(OC2OC(CO)C(O)C(O)C2O)C(O)C1O.CCCCCCOC(C)(C)COC(=O)CC1OC(COC(C)=O)C(OC2OC(CC)C(C)C(C)C2C)C(C)C1C.CCN(CC)CC.CO. The van der Waals surface area contributed by atoms with Crippen LogP contribution in [-0.2, 0) is 66.5 Å². The zero-order chi connectivity index (χ0) is 65.5. The first-order valence-electron chi connectivity index (χ1n) is 32.1. The maximum absolute atomic E-state index is 12.9. The highest BCUT2D eigenvalue weighted by molar-refractivity contribution is 5.70. The number of ether oxygens (including phenoxy) is 11. The second-order valence-electron chi connectivity index (χ2n) is 24.7. The van der Waals surface area contributed by atoms with Gasteiger partial charge in [0.05, 0.1) is 61.7 Å². The van der Waals surface area contributed by atoms with Crippen LogP contribution >= 0.6 is 0 Å². The molecule has 0 aromatic carbocycles. The molecule has 0 aliphatic carbocycles. The van der Waals surface area contributed by atoms with Crippen molar-refractivity contribution in [3.05, 3.63) is 0 Å². The van der Waals surface area contributed by atoms with Crippen LogP contribution < -0.4 is 0 Å². The number of unbranched alkanes of at least 4 members (excludes halogenated alkanes) is 6. The molecule has 0 saturated carbocycles. The van der Waals surface area contributed by atoms with E-state index in [0.717, 1.165) is 52.1 Å². The quantitative estimate of drug-likeness (QED) is 0.0242. The molecule has 0 radical (unpaired) electrons. The van der Waals surface area contributed by atoms with Gasteiger partial charge in [-0.1, -0.05) is 115 Å². The Kier molecular flexibility index (Phi) is 40.6. The Morgan fingerprint density at radius 3 is 1.37 bits per heavy atom. The molecular weight excluding hydrogens is 1120 g/mol. The lowest BCUT2D eigenvalue weighted by Crippen LogP contribution is -2.64. The van der Waals surface area contributed by atoms with E-state index in [-0.39, 0.29) is 80.5 Å². The fourth-order valence-corrected chi connectivity index (χ4v) is 10.7. The number of hydrogen-bond acceptors (Lipinski definition) is 23. The highest BCUT2D eigenvalue weighted by Crippen LogP contribution is 2.41. The normalized spacial score (nSPS) is 33.0. The van der Waals surface area contributed by atoms with E-state index in [1.807, 2.05) is 13.8 Å². The smallest absolute Gasteiger partial charge is 0.308 e. The number of nitrogens with zero attached hydrogens (tertiary/aromatic N) is 1. The van der Waals surface area contributed by atoms with E-state index in [1.165, 1.54) is 39.4 Å². The van der Waals surface area contributed by atoms with Crippen LogP contribution in [-0.4, -0.2) is 240 Å². The molecule has 4 rings (SSSR count). The Labute approximate surface area is 515 Å². The molecule has 510 valence electrons. The van der Waals surface area contributed by atoms with Crippen LogP contribution in [0.4, 0.5) is 0 Å². The van der Waals surface area contributed by atoms with Crippen LogP contribution in [0.25, 0.3) is 0 Å². The molecule has 8 N–H and O–H groups in total. The molecule has 20 unspecified atom stereocenters. The molecule has 23 nitrogen and oxygen atoms in total. The summed E-state index contributed by atoms with van der Waals surface area (Å²) in [6, 6.07) is 0. The van der Waals surface area contributed by atoms with E-state index in [2.05, 4.69) is 81.1 Å². The fourth-order valence-electron chi connectivity index (χ4n) is 10.7. The summed E-state index contributed by atoms with van der Waals surface area (Å²) in [5.41, 5.74) is -1.27. The predicted octanol–water partition coefficient (Wildman–Crippen LogP) is 5.24. The molecule has 0 aromatic rings. The van der Waals surface area contributed by atoms with Gasteiger partial charge in [-0.15, -0.1) is 0 Å². The van der Waals surface area contributed by atoms with Gasteiger partial charge >= 0.3 is 17.9 Å². The van der Waals surface area contributed by atoms with Gasteiger partial charge in [0.25, 0.3) is 0 Å². The molecule has 0 aromatic heterocycles. The Hall–Kier alpha value is -2.27. The molecule has 4 heterocycles. The predicted molar refractivity (Wildman–Crippen MR) is 322 cm³/mol. The lowest BCUT2D eigenvalue weighted by Gasteiger charge is -2.49. The zero-order valence-corrected chi connectivity index (χ0v) is 55.6. The Balaban J connectivity index is 0.000000755. The number of carbonyl (C=O) groups is 3. The van der Waals surface area contributed by atoms with E-state index < -0.39 is 104 Å². The maximum atomic E-state index is 12.9. The van der Waals surface area contributed by atoms with Crippen molar-refractivity contribution >= 4 is 17.9 Å². The topological polar surface area (TPSA) is 318 Å². The molecule has 0 bridgehead atoms. The van der Waals surface area contributed by atoms with Crippen molar-refractivity contribution in [3.8, 4) is 0 Å². The first-order chi connectivity index (χ1) is 40.6. The second kappa shape index (κ2) is 42.7. The van der Waals surface area contributed by atoms with E-state index in [0.29, 0.717) is 25.0 Å². The summed E-state index contributed by atoms with van der Waals surface area (Å²) in [6.45, 7) is 36.3. The Morgan fingerprint density at radius 1 is 0.465 bits per heavy atom. The summed E-state index contributed by atoms with van der Waals surface area (Å²) >= 11 is 0. The first-order valence-corrected chi connectivity index (χ1v) is 32.1. The summed E-state index contributed by atoms with van der Waals surface area (Å²) < 4.78 is 63.9. The van der Waals surface area contributed by atoms with Crippen molar-refractivity contribution in [2.24, 2.45) is 29.6 Å². The van der Waals surface area contributed by atoms with Gasteiger partial charge in [0.2, 0.25) is 0 Å². The summed E-state index contributed by atoms with van der Waals surface area (Å²) in [5, 5.41) is 77.4. The number of rotatable bonds is 32. The standard InChI is InChI=1S/C32H58O8.C24H44O13.C6H15N.CH4O/c1-11-13-14-15-16-37-32(9,10)19-36-29(34)17-27-22(5)23(6)30(28(38-27)18-35-25(8)33)40-31-24(7)20(3)21(4)26(12-2)39-31;1-4-5-6-7-8-34-24(2,3)12-33-16(27)9-13-17(28)20(31)22(15(11-26)35-13)37-23-21(32)19(30)18(29)14(10-25)36-23;1-4-7(5-2)6-3;1-2/h20-24,26-28,30-31H,11-19H2,1-10H3;13-15,17-23,25-26,28-32H,4-12H2,1-3H3;4-6H2,1-3H3;2H,1H3. The highest BCUT2D eigenvalue weighted by Gasteiger charge is 2.52. The minimum absolute atomic E-state index is 0.0196. The van der Waals surface area contributed by atoms with Crippen LogP contribution in [0.1, 0.15) is 181 Å². The molecule has 4 aliphatic rings. The summed E-state index contributed by atoms with van der Waals surface area (Å²) in [6.07, 6.45) is -7.32. The van der Waals surface area contributed by atoms with Gasteiger partial charge in [-0.3, -0.25) is 14.4 Å². The number of aliphatic hydroxyl groups excluding tert-OH is 8. The third-order valence-corrected chi connectivity index (χ3v) is 17.1. The number of hydrogen-bond donors (Lipinski definition) is 8. The molecule has 0 spiro atoms. The summed E-state index contributed by atoms with van der Waals surface area (Å²) in [7, 11) is 1.00. The molecule has 23 heteroatoms. The van der Waals surface area contributed by atoms with Gasteiger partial charge in [-0.05, 0) is 90.3 Å². The second-order valence-corrected chi connectivity index (χ2v) is 24.7. The van der Waals surface area contributed by atoms with Gasteiger partial charge in [0, 0.05) is 33.2 Å². The largest absolute Gasteiger partial charge is 0.463 e. The third kappa shape index (κ3) is 27.7. The molecule has 86 heavy (non-hydrogen) atoms. The van der Waals surface area contributed by atoms with Crippen LogP contribution in [0.5, 0.6) is 0 Å². The van der Waals surface area contributed by atoms with Gasteiger partial charge < -0.3 is 97.9 Å². The van der Waals surface area contributed by atoms with Crippen molar-refractivity contribution in [2.75, 3.05) is 73.0 Å². The van der Waals surface area contributed by atoms with Crippen molar-refractivity contribution < 1.29 is 107 Å². The average molecular weight is 1240 g/mol. The lowest BCUT2D eigenvalue weighted by atomic mass is 9.77. The van der Waals surface area contributed by atoms with E-state index >= 15 is 0 Å². The Bertz CT molecular complexity index is 1780. The van der Waals surface area contributed by atoms with Crippen molar-refractivity contribution in [1.29, 1.82) is 0 Å². The molecule has 4 aliphatic heterocycles. The van der Waals surface area contributed by atoms with Crippen LogP contribution in [0, 0.1) is 29.6 Å². The van der Waals surface area contributed by atoms with Gasteiger partial charge in [0.1, 0.15) is 74.8 Å². The zero-order valence-electron chi connectivity index (χ0n) is 55.6. The Morgan fingerprint density at radius 2 is 0.919 bits per heavy atom. The van der Waals surface area contributed by atoms with Gasteiger partial charge in [-0.2, -0.15) is 0 Å². The molecular formula is C63H121NO22. The first kappa shape index (κ1) is 81.7. The van der Waals surface area contributed by atoms with Gasteiger partial charge in [-0.25, -0.2) is 0 Å². The fraction of sp³-hybridized carbons (Fsp3) is 0.952. The maximum Gasteiger partial charge on any atom is 0.308 e. The summed E-state index contributed by atoms with van der Waals surface area (Å²) in [5.74, 6) is -0.245. The molecule has 4 fully saturated rings. The van der Waals surface area contributed by atoms with Crippen LogP contribution in [0.3, 0.4) is 0 Å². The van der Waals surface area contributed by atoms with Crippen molar-refractivity contribution in [2.45, 2.75) is 285 Å². The van der Waals surface area contributed by atoms with E-state index in [1.54, 1.807) is 13.8 Å². The van der Waals surface area contributed by atoms with Crippen LogP contribution in [0.15, 0.2) is 0 Å². The third-order valence-electron chi connectivity index (χ3n) is 17.1. The number of esters is 3. The number of aliphatic hydroxyl groups is 8. The average Bonchev–Trinajstić information content (AvgIpc) is 1.40.